The van der Waals surface area contributed by atoms with Crippen molar-refractivity contribution in [2.75, 3.05) is 13.2 Å². The maximum atomic E-state index is 6.29. The second-order valence-corrected chi connectivity index (χ2v) is 11.6. The van der Waals surface area contributed by atoms with Crippen LogP contribution < -0.4 is 5.32 Å². The summed E-state index contributed by atoms with van der Waals surface area (Å²) < 4.78 is 12.6. The van der Waals surface area contributed by atoms with E-state index in [0.717, 1.165) is 26.1 Å². The molecule has 0 radical (unpaired) electrons. The summed E-state index contributed by atoms with van der Waals surface area (Å²) >= 11 is 2.11. The summed E-state index contributed by atoms with van der Waals surface area (Å²) in [5.41, 5.74) is 0.213. The molecule has 33 heavy (non-hydrogen) atoms. The molecule has 1 saturated carbocycles. The molecule has 3 nitrogen and oxygen atoms in total. The fourth-order valence-electron chi connectivity index (χ4n) is 6.53. The van der Waals surface area contributed by atoms with E-state index in [1.165, 1.54) is 69.1 Å². The zero-order valence-corrected chi connectivity index (χ0v) is 21.7. The number of rotatable bonds is 11. The van der Waals surface area contributed by atoms with Crippen LogP contribution >= 0.6 is 11.8 Å². The first kappa shape index (κ1) is 25.3. The average molecular weight is 472 g/mol. The number of nitrogens with one attached hydrogen (secondary N) is 1. The van der Waals surface area contributed by atoms with Crippen molar-refractivity contribution >= 4 is 11.8 Å². The van der Waals surface area contributed by atoms with Gasteiger partial charge in [0.1, 0.15) is 0 Å². The summed E-state index contributed by atoms with van der Waals surface area (Å²) in [7, 11) is 0. The van der Waals surface area contributed by atoms with E-state index in [2.05, 4.69) is 73.4 Å². The lowest BCUT2D eigenvalue weighted by Gasteiger charge is -2.47. The van der Waals surface area contributed by atoms with Crippen LogP contribution in [0, 0.1) is 5.92 Å². The number of hydrogen-bond donors (Lipinski definition) is 1. The summed E-state index contributed by atoms with van der Waals surface area (Å²) in [4.78, 5) is 1.41. The van der Waals surface area contributed by atoms with E-state index in [4.69, 9.17) is 9.47 Å². The third-order valence-electron chi connectivity index (χ3n) is 8.16. The summed E-state index contributed by atoms with van der Waals surface area (Å²) in [6.45, 7) is 5.96. The van der Waals surface area contributed by atoms with Crippen molar-refractivity contribution < 1.29 is 9.47 Å². The van der Waals surface area contributed by atoms with Gasteiger partial charge in [-0.15, -0.1) is 11.8 Å². The van der Waals surface area contributed by atoms with Crippen LogP contribution in [0.5, 0.6) is 0 Å². The molecule has 2 heterocycles. The third-order valence-corrected chi connectivity index (χ3v) is 9.60. The van der Waals surface area contributed by atoms with Crippen molar-refractivity contribution in [3.05, 3.63) is 42.5 Å². The van der Waals surface area contributed by atoms with Crippen LogP contribution in [-0.2, 0) is 9.47 Å². The molecular weight excluding hydrogens is 426 g/mol. The Balaban J connectivity index is 1.48. The van der Waals surface area contributed by atoms with Gasteiger partial charge >= 0.3 is 0 Å². The normalized spacial score (nSPS) is 31.6. The van der Waals surface area contributed by atoms with Crippen LogP contribution in [0.15, 0.2) is 47.4 Å². The first-order valence-corrected chi connectivity index (χ1v) is 14.5. The lowest BCUT2D eigenvalue weighted by molar-refractivity contribution is -0.171. The maximum Gasteiger partial charge on any atom is 0.168 e. The van der Waals surface area contributed by atoms with Crippen molar-refractivity contribution in [3.8, 4) is 0 Å². The second-order valence-electron chi connectivity index (χ2n) is 10.4. The molecule has 184 valence electrons. The molecule has 0 amide bonds. The molecule has 1 aliphatic carbocycles. The standard InChI is InChI=1S/C29H45NO2S/c1-3-5-6-11-18-28(31-21-22-32-28)20-17-24-14-10-12-19-29(24)27(23-25(30-29)13-4-2)33-26-15-8-7-9-16-26/h4,7-9,13,15-16,24-25,27,30H,3,5-6,10-12,14,17-23H2,1-2H3/b13-4-/t24-,25+,27-,29-/m0/s1. The van der Waals surface area contributed by atoms with Crippen molar-refractivity contribution in [1.82, 2.24) is 5.32 Å². The first-order chi connectivity index (χ1) is 16.2. The highest BCUT2D eigenvalue weighted by Gasteiger charge is 2.52. The quantitative estimate of drug-likeness (QED) is 0.267. The summed E-state index contributed by atoms with van der Waals surface area (Å²) in [6.07, 6.45) is 19.6. The van der Waals surface area contributed by atoms with E-state index in [1.54, 1.807) is 0 Å². The zero-order valence-electron chi connectivity index (χ0n) is 20.9. The molecular formula is C29H45NO2S. The van der Waals surface area contributed by atoms with Crippen LogP contribution in [-0.4, -0.2) is 35.8 Å². The van der Waals surface area contributed by atoms with Gasteiger partial charge in [0.15, 0.2) is 5.79 Å². The van der Waals surface area contributed by atoms with Crippen LogP contribution in [0.1, 0.15) is 90.9 Å². The van der Waals surface area contributed by atoms with Gasteiger partial charge in [-0.1, -0.05) is 69.4 Å². The van der Waals surface area contributed by atoms with Gasteiger partial charge in [0, 0.05) is 34.6 Å². The smallest absolute Gasteiger partial charge is 0.168 e. The van der Waals surface area contributed by atoms with Crippen molar-refractivity contribution in [2.45, 2.75) is 118 Å². The summed E-state index contributed by atoms with van der Waals surface area (Å²) in [5.74, 6) is 0.360. The molecule has 0 unspecified atom stereocenters. The topological polar surface area (TPSA) is 30.5 Å². The van der Waals surface area contributed by atoms with Crippen LogP contribution in [0.25, 0.3) is 0 Å². The van der Waals surface area contributed by atoms with E-state index in [-0.39, 0.29) is 11.3 Å². The average Bonchev–Trinajstić information content (AvgIpc) is 3.43. The monoisotopic (exact) mass is 471 g/mol. The molecule has 1 N–H and O–H groups in total. The molecule has 1 aromatic carbocycles. The Labute approximate surface area is 206 Å². The third kappa shape index (κ3) is 6.25. The van der Waals surface area contributed by atoms with Gasteiger partial charge in [-0.3, -0.25) is 0 Å². The molecule has 0 aromatic heterocycles. The van der Waals surface area contributed by atoms with E-state index in [1.807, 2.05) is 0 Å². The number of allylic oxidation sites excluding steroid dienone is 1. The van der Waals surface area contributed by atoms with Crippen molar-refractivity contribution in [1.29, 1.82) is 0 Å². The Morgan fingerprint density at radius 1 is 1.06 bits per heavy atom. The lowest BCUT2D eigenvalue weighted by atomic mass is 9.69. The molecule has 3 aliphatic rings. The van der Waals surface area contributed by atoms with Crippen LogP contribution in [0.2, 0.25) is 0 Å². The van der Waals surface area contributed by atoms with E-state index in [9.17, 15) is 0 Å². The molecule has 1 aromatic rings. The van der Waals surface area contributed by atoms with Crippen molar-refractivity contribution in [3.63, 3.8) is 0 Å². The summed E-state index contributed by atoms with van der Waals surface area (Å²) in [6, 6.07) is 11.5. The molecule has 4 heteroatoms. The highest BCUT2D eigenvalue weighted by molar-refractivity contribution is 8.00. The highest BCUT2D eigenvalue weighted by Crippen LogP contribution is 2.50. The Bertz CT molecular complexity index is 732. The molecule has 0 bridgehead atoms. The molecule has 1 spiro atoms. The minimum atomic E-state index is -0.324. The van der Waals surface area contributed by atoms with Gasteiger partial charge in [-0.05, 0) is 57.1 Å². The van der Waals surface area contributed by atoms with Crippen LogP contribution in [0.4, 0.5) is 0 Å². The van der Waals surface area contributed by atoms with Gasteiger partial charge in [-0.25, -0.2) is 0 Å². The molecule has 4 rings (SSSR count). The molecule has 2 saturated heterocycles. The number of benzene rings is 1. The number of thioether (sulfide) groups is 1. The predicted octanol–water partition coefficient (Wildman–Crippen LogP) is 7.51. The maximum absolute atomic E-state index is 6.29. The Kier molecular flexibility index (Phi) is 9.38. The van der Waals surface area contributed by atoms with Gasteiger partial charge in [0.2, 0.25) is 0 Å². The molecule has 2 aliphatic heterocycles. The first-order valence-electron chi connectivity index (χ1n) is 13.6. The molecule has 4 atom stereocenters. The highest BCUT2D eigenvalue weighted by atomic mass is 32.2. The Morgan fingerprint density at radius 3 is 2.64 bits per heavy atom. The van der Waals surface area contributed by atoms with E-state index < -0.39 is 0 Å². The van der Waals surface area contributed by atoms with E-state index in [0.29, 0.717) is 17.2 Å². The number of hydrogen-bond acceptors (Lipinski definition) is 4. The largest absolute Gasteiger partial charge is 0.348 e. The lowest BCUT2D eigenvalue weighted by Crippen LogP contribution is -2.56. The van der Waals surface area contributed by atoms with Gasteiger partial charge in [0.25, 0.3) is 0 Å². The Morgan fingerprint density at radius 2 is 1.88 bits per heavy atom. The van der Waals surface area contributed by atoms with Gasteiger partial charge < -0.3 is 14.8 Å². The van der Waals surface area contributed by atoms with Crippen molar-refractivity contribution in [2.24, 2.45) is 5.92 Å². The van der Waals surface area contributed by atoms with Gasteiger partial charge in [-0.2, -0.15) is 0 Å². The van der Waals surface area contributed by atoms with Gasteiger partial charge in [0.05, 0.1) is 13.2 Å². The predicted molar refractivity (Wildman–Crippen MR) is 140 cm³/mol. The summed E-state index contributed by atoms with van der Waals surface area (Å²) in [5, 5.41) is 4.79. The zero-order chi connectivity index (χ0) is 23.0. The minimum Gasteiger partial charge on any atom is -0.348 e. The SMILES string of the molecule is C/C=C\[C@@H]1C[C@H](Sc2ccccc2)[C@@]2(CCCC[C@H]2CCC2(CCCCCC)OCCO2)N1. The second kappa shape index (κ2) is 12.2. The Hall–Kier alpha value is -0.810. The number of unbranched alkanes of at least 4 members (excludes halogenated alkanes) is 3. The fraction of sp³-hybridized carbons (Fsp3) is 0.724. The van der Waals surface area contributed by atoms with E-state index >= 15 is 0 Å². The van der Waals surface area contributed by atoms with Crippen LogP contribution in [0.3, 0.4) is 0 Å². The minimum absolute atomic E-state index is 0.213. The number of ether oxygens (including phenoxy) is 2. The fourth-order valence-corrected chi connectivity index (χ4v) is 8.06. The molecule has 3 fully saturated rings.